The third kappa shape index (κ3) is 4.02. The highest BCUT2D eigenvalue weighted by Gasteiger charge is 2.15. The van der Waals surface area contributed by atoms with Crippen molar-refractivity contribution in [2.45, 2.75) is 13.3 Å². The molecule has 0 aliphatic rings. The number of aromatic nitrogens is 1. The predicted octanol–water partition coefficient (Wildman–Crippen LogP) is 3.17. The van der Waals surface area contributed by atoms with Gasteiger partial charge >= 0.3 is 0 Å². The summed E-state index contributed by atoms with van der Waals surface area (Å²) in [5.74, 6) is -0.707. The number of benzene rings is 2. The Morgan fingerprint density at radius 1 is 1.15 bits per heavy atom. The lowest BCUT2D eigenvalue weighted by Crippen LogP contribution is -2.17. The molecule has 0 spiro atoms. The van der Waals surface area contributed by atoms with Crippen LogP contribution < -0.4 is 10.0 Å². The van der Waals surface area contributed by atoms with Crippen molar-refractivity contribution in [3.05, 3.63) is 59.5 Å². The van der Waals surface area contributed by atoms with Gasteiger partial charge in [0.25, 0.3) is 0 Å². The molecule has 136 valence electrons. The van der Waals surface area contributed by atoms with E-state index in [1.165, 1.54) is 12.1 Å². The maximum atomic E-state index is 13.5. The van der Waals surface area contributed by atoms with Gasteiger partial charge in [0, 0.05) is 16.6 Å². The van der Waals surface area contributed by atoms with Gasteiger partial charge in [0.15, 0.2) is 0 Å². The average Bonchev–Trinajstić information content (AvgIpc) is 2.83. The number of carbonyl (C=O) groups is 1. The van der Waals surface area contributed by atoms with Gasteiger partial charge in [-0.1, -0.05) is 12.1 Å². The normalized spacial score (nSPS) is 11.5. The summed E-state index contributed by atoms with van der Waals surface area (Å²) in [5, 5.41) is 3.36. The van der Waals surface area contributed by atoms with E-state index in [2.05, 4.69) is 15.0 Å². The second-order valence-corrected chi connectivity index (χ2v) is 7.81. The van der Waals surface area contributed by atoms with Gasteiger partial charge in [-0.05, 0) is 42.8 Å². The standard InChI is InChI=1S/C18H18FN3O3S/c1-11-13(14-9-12(19)7-8-15(14)20-11)10-18(23)21-16-5-3-4-6-17(16)22-26(2,24)25/h3-9,20,22H,10H2,1-2H3,(H,21,23). The summed E-state index contributed by atoms with van der Waals surface area (Å²) in [6.07, 6.45) is 1.07. The molecule has 1 amide bonds. The third-order valence-corrected chi connectivity index (χ3v) is 4.51. The van der Waals surface area contributed by atoms with E-state index in [4.69, 9.17) is 0 Å². The van der Waals surface area contributed by atoms with E-state index in [1.807, 2.05) is 6.92 Å². The SMILES string of the molecule is Cc1[nH]c2ccc(F)cc2c1CC(=O)Nc1ccccc1NS(C)(=O)=O. The number of halogens is 1. The molecule has 2 aromatic carbocycles. The first kappa shape index (κ1) is 17.9. The largest absolute Gasteiger partial charge is 0.358 e. The summed E-state index contributed by atoms with van der Waals surface area (Å²) in [5.41, 5.74) is 2.87. The summed E-state index contributed by atoms with van der Waals surface area (Å²) in [6, 6.07) is 10.9. The van der Waals surface area contributed by atoms with Gasteiger partial charge in [-0.15, -0.1) is 0 Å². The van der Waals surface area contributed by atoms with Gasteiger partial charge in [-0.25, -0.2) is 12.8 Å². The van der Waals surface area contributed by atoms with Gasteiger partial charge in [0.2, 0.25) is 15.9 Å². The van der Waals surface area contributed by atoms with Gasteiger partial charge in [-0.3, -0.25) is 9.52 Å². The molecule has 0 saturated carbocycles. The molecule has 26 heavy (non-hydrogen) atoms. The number of sulfonamides is 1. The number of aryl methyl sites for hydroxylation is 1. The highest BCUT2D eigenvalue weighted by Crippen LogP contribution is 2.25. The van der Waals surface area contributed by atoms with Crippen LogP contribution in [-0.2, 0) is 21.2 Å². The maximum Gasteiger partial charge on any atom is 0.229 e. The molecule has 6 nitrogen and oxygen atoms in total. The number of amides is 1. The van der Waals surface area contributed by atoms with Crippen LogP contribution in [0.4, 0.5) is 15.8 Å². The van der Waals surface area contributed by atoms with Crippen LogP contribution in [0.15, 0.2) is 42.5 Å². The van der Waals surface area contributed by atoms with Crippen molar-refractivity contribution in [2.75, 3.05) is 16.3 Å². The molecule has 0 radical (unpaired) electrons. The Morgan fingerprint density at radius 3 is 2.54 bits per heavy atom. The molecule has 3 N–H and O–H groups in total. The Morgan fingerprint density at radius 2 is 1.85 bits per heavy atom. The maximum absolute atomic E-state index is 13.5. The number of rotatable bonds is 5. The van der Waals surface area contributed by atoms with Crippen LogP contribution in [0.5, 0.6) is 0 Å². The minimum absolute atomic E-state index is 0.0303. The number of para-hydroxylation sites is 2. The first-order chi connectivity index (χ1) is 12.2. The highest BCUT2D eigenvalue weighted by molar-refractivity contribution is 7.92. The Hall–Kier alpha value is -2.87. The van der Waals surface area contributed by atoms with Crippen molar-refractivity contribution in [3.8, 4) is 0 Å². The lowest BCUT2D eigenvalue weighted by molar-refractivity contribution is -0.115. The smallest absolute Gasteiger partial charge is 0.229 e. The molecular weight excluding hydrogens is 357 g/mol. The van der Waals surface area contributed by atoms with Gasteiger partial charge < -0.3 is 10.3 Å². The van der Waals surface area contributed by atoms with Crippen LogP contribution >= 0.6 is 0 Å². The molecule has 0 bridgehead atoms. The van der Waals surface area contributed by atoms with Crippen molar-refractivity contribution in [1.29, 1.82) is 0 Å². The van der Waals surface area contributed by atoms with Crippen molar-refractivity contribution in [3.63, 3.8) is 0 Å². The van der Waals surface area contributed by atoms with Crippen molar-refractivity contribution >= 4 is 38.2 Å². The lowest BCUT2D eigenvalue weighted by Gasteiger charge is -2.12. The minimum Gasteiger partial charge on any atom is -0.358 e. The molecule has 1 heterocycles. The topological polar surface area (TPSA) is 91.1 Å². The number of hydrogen-bond donors (Lipinski definition) is 3. The molecule has 3 aromatic rings. The number of carbonyl (C=O) groups excluding carboxylic acids is 1. The first-order valence-corrected chi connectivity index (χ1v) is 9.75. The Labute approximate surface area is 150 Å². The lowest BCUT2D eigenvalue weighted by atomic mass is 10.1. The fraction of sp³-hybridized carbons (Fsp3) is 0.167. The summed E-state index contributed by atoms with van der Waals surface area (Å²) in [4.78, 5) is 15.6. The van der Waals surface area contributed by atoms with Crippen LogP contribution in [0.25, 0.3) is 10.9 Å². The molecule has 0 aliphatic carbocycles. The fourth-order valence-electron chi connectivity index (χ4n) is 2.82. The van der Waals surface area contributed by atoms with E-state index in [0.717, 1.165) is 17.5 Å². The van der Waals surface area contributed by atoms with Crippen molar-refractivity contribution in [1.82, 2.24) is 4.98 Å². The minimum atomic E-state index is -3.47. The Bertz CT molecular complexity index is 1090. The highest BCUT2D eigenvalue weighted by atomic mass is 32.2. The number of H-pyrrole nitrogens is 1. The molecule has 0 unspecified atom stereocenters. The zero-order valence-electron chi connectivity index (χ0n) is 14.3. The van der Waals surface area contributed by atoms with E-state index < -0.39 is 10.0 Å². The Kier molecular flexibility index (Phi) is 4.69. The zero-order chi connectivity index (χ0) is 18.9. The predicted molar refractivity (Wildman–Crippen MR) is 100 cm³/mol. The first-order valence-electron chi connectivity index (χ1n) is 7.86. The van der Waals surface area contributed by atoms with Gasteiger partial charge in [0.1, 0.15) is 5.82 Å². The number of fused-ring (bicyclic) bond motifs is 1. The van der Waals surface area contributed by atoms with Gasteiger partial charge in [-0.2, -0.15) is 0 Å². The fourth-order valence-corrected chi connectivity index (χ4v) is 3.40. The second-order valence-electron chi connectivity index (χ2n) is 6.06. The van der Waals surface area contributed by atoms with Gasteiger partial charge in [0.05, 0.1) is 24.1 Å². The van der Waals surface area contributed by atoms with Crippen LogP contribution in [0.3, 0.4) is 0 Å². The number of nitrogens with one attached hydrogen (secondary N) is 3. The van der Waals surface area contributed by atoms with E-state index in [1.54, 1.807) is 30.3 Å². The van der Waals surface area contributed by atoms with Crippen LogP contribution in [0.2, 0.25) is 0 Å². The molecule has 0 fully saturated rings. The van der Waals surface area contributed by atoms with Crippen LogP contribution in [0.1, 0.15) is 11.3 Å². The molecule has 3 rings (SSSR count). The zero-order valence-corrected chi connectivity index (χ0v) is 15.1. The number of aromatic amines is 1. The molecule has 0 aliphatic heterocycles. The van der Waals surface area contributed by atoms with E-state index in [0.29, 0.717) is 16.6 Å². The van der Waals surface area contributed by atoms with E-state index in [-0.39, 0.29) is 23.8 Å². The molecule has 8 heteroatoms. The summed E-state index contributed by atoms with van der Waals surface area (Å²) in [7, 11) is -3.47. The third-order valence-electron chi connectivity index (χ3n) is 3.92. The van der Waals surface area contributed by atoms with Crippen molar-refractivity contribution in [2.24, 2.45) is 0 Å². The van der Waals surface area contributed by atoms with Crippen molar-refractivity contribution < 1.29 is 17.6 Å². The number of anilines is 2. The second kappa shape index (κ2) is 6.80. The van der Waals surface area contributed by atoms with E-state index >= 15 is 0 Å². The molecule has 0 saturated heterocycles. The van der Waals surface area contributed by atoms with E-state index in [9.17, 15) is 17.6 Å². The molecular formula is C18H18FN3O3S. The quantitative estimate of drug-likeness (QED) is 0.640. The molecule has 0 atom stereocenters. The van der Waals surface area contributed by atoms with Crippen LogP contribution in [0, 0.1) is 12.7 Å². The molecule has 1 aromatic heterocycles. The summed E-state index contributed by atoms with van der Waals surface area (Å²) >= 11 is 0. The van der Waals surface area contributed by atoms with Crippen LogP contribution in [-0.4, -0.2) is 25.6 Å². The monoisotopic (exact) mass is 375 g/mol. The summed E-state index contributed by atoms with van der Waals surface area (Å²) in [6.45, 7) is 1.82. The number of hydrogen-bond acceptors (Lipinski definition) is 3. The average molecular weight is 375 g/mol. The Balaban J connectivity index is 1.85. The summed E-state index contributed by atoms with van der Waals surface area (Å²) < 4.78 is 38.8.